The minimum absolute atomic E-state index is 0.124. The Labute approximate surface area is 180 Å². The van der Waals surface area contributed by atoms with E-state index < -0.39 is 0 Å². The van der Waals surface area contributed by atoms with Crippen LogP contribution in [0.25, 0.3) is 11.4 Å². The number of thioether (sulfide) groups is 1. The highest BCUT2D eigenvalue weighted by atomic mass is 32.2. The van der Waals surface area contributed by atoms with Gasteiger partial charge in [0.2, 0.25) is 5.91 Å². The predicted molar refractivity (Wildman–Crippen MR) is 119 cm³/mol. The van der Waals surface area contributed by atoms with Crippen LogP contribution in [-0.2, 0) is 11.3 Å². The molecule has 8 nitrogen and oxygen atoms in total. The van der Waals surface area contributed by atoms with Crippen LogP contribution in [0.3, 0.4) is 0 Å². The largest absolute Gasteiger partial charge is 0.497 e. The fraction of sp³-hybridized carbons (Fsp3) is 0.333. The van der Waals surface area contributed by atoms with Crippen molar-refractivity contribution < 1.29 is 9.53 Å². The van der Waals surface area contributed by atoms with E-state index in [0.717, 1.165) is 11.3 Å². The summed E-state index contributed by atoms with van der Waals surface area (Å²) < 4.78 is 8.94. The summed E-state index contributed by atoms with van der Waals surface area (Å²) >= 11 is 1.35. The van der Waals surface area contributed by atoms with Crippen molar-refractivity contribution in [2.45, 2.75) is 43.8 Å². The predicted octanol–water partition coefficient (Wildman–Crippen LogP) is 4.04. The summed E-state index contributed by atoms with van der Waals surface area (Å²) in [5.74, 6) is 2.04. The summed E-state index contributed by atoms with van der Waals surface area (Å²) in [6, 6.07) is 9.56. The van der Waals surface area contributed by atoms with Crippen molar-refractivity contribution in [1.82, 2.24) is 24.5 Å². The highest BCUT2D eigenvalue weighted by Gasteiger charge is 2.21. The number of benzene rings is 1. The minimum Gasteiger partial charge on any atom is -0.497 e. The van der Waals surface area contributed by atoms with Gasteiger partial charge in [-0.15, -0.1) is 16.8 Å². The van der Waals surface area contributed by atoms with Crippen LogP contribution in [0.15, 0.2) is 54.3 Å². The van der Waals surface area contributed by atoms with E-state index in [-0.39, 0.29) is 17.2 Å². The summed E-state index contributed by atoms with van der Waals surface area (Å²) in [6.45, 7) is 10.2. The normalized spacial score (nSPS) is 12.0. The molecular weight excluding hydrogens is 400 g/mol. The molecular formula is C21H26N6O2S. The van der Waals surface area contributed by atoms with Crippen LogP contribution in [0.1, 0.15) is 26.8 Å². The zero-order chi connectivity index (χ0) is 21.7. The summed E-state index contributed by atoms with van der Waals surface area (Å²) in [7, 11) is 1.63. The molecule has 1 N–H and O–H groups in total. The first-order valence-electron chi connectivity index (χ1n) is 9.64. The van der Waals surface area contributed by atoms with Gasteiger partial charge in [0.05, 0.1) is 18.6 Å². The Morgan fingerprint density at radius 2 is 1.97 bits per heavy atom. The lowest BCUT2D eigenvalue weighted by atomic mass is 10.2. The number of methoxy groups -OCH3 is 1. The highest BCUT2D eigenvalue weighted by molar-refractivity contribution is 8.00. The maximum absolute atomic E-state index is 12.7. The monoisotopic (exact) mass is 426 g/mol. The number of carbonyl (C=O) groups is 1. The Morgan fingerprint density at radius 3 is 2.60 bits per heavy atom. The molecule has 158 valence electrons. The van der Waals surface area contributed by atoms with Crippen molar-refractivity contribution in [2.24, 2.45) is 0 Å². The molecule has 0 aliphatic rings. The molecule has 0 bridgehead atoms. The third-order valence-electron chi connectivity index (χ3n) is 4.44. The Hall–Kier alpha value is -3.07. The van der Waals surface area contributed by atoms with E-state index >= 15 is 0 Å². The number of nitrogens with zero attached hydrogens (tertiary/aromatic N) is 5. The van der Waals surface area contributed by atoms with E-state index in [1.807, 2.05) is 49.6 Å². The van der Waals surface area contributed by atoms with Crippen molar-refractivity contribution in [2.75, 3.05) is 12.4 Å². The molecule has 3 aromatic rings. The standard InChI is InChI=1S/C21H26N6O2S/c1-6-13-26-19(16-7-9-17(29-5)10-8-16)24-25-21(26)30-15(4)20(28)23-18-11-12-22-27(18)14(2)3/h6-12,14-15H,1,13H2,2-5H3,(H,23,28). The molecule has 0 radical (unpaired) electrons. The number of carbonyl (C=O) groups excluding carboxylic acids is 1. The fourth-order valence-electron chi connectivity index (χ4n) is 2.89. The van der Waals surface area contributed by atoms with Gasteiger partial charge in [-0.3, -0.25) is 9.36 Å². The molecule has 0 aliphatic carbocycles. The van der Waals surface area contributed by atoms with Gasteiger partial charge in [0.25, 0.3) is 0 Å². The zero-order valence-electron chi connectivity index (χ0n) is 17.6. The summed E-state index contributed by atoms with van der Waals surface area (Å²) in [6.07, 6.45) is 3.46. The van der Waals surface area contributed by atoms with Crippen LogP contribution in [0.2, 0.25) is 0 Å². The first-order valence-corrected chi connectivity index (χ1v) is 10.5. The average Bonchev–Trinajstić information content (AvgIpc) is 3.36. The molecule has 0 fully saturated rings. The molecule has 30 heavy (non-hydrogen) atoms. The summed E-state index contributed by atoms with van der Waals surface area (Å²) in [5, 5.41) is 16.1. The highest BCUT2D eigenvalue weighted by Crippen LogP contribution is 2.28. The Bertz CT molecular complexity index is 1010. The quantitative estimate of drug-likeness (QED) is 0.410. The number of ether oxygens (including phenoxy) is 1. The third-order valence-corrected chi connectivity index (χ3v) is 5.52. The number of allylic oxidation sites excluding steroid dienone is 1. The second-order valence-corrected chi connectivity index (χ2v) is 8.25. The third kappa shape index (κ3) is 4.73. The molecule has 0 saturated heterocycles. The van der Waals surface area contributed by atoms with Crippen molar-refractivity contribution in [1.29, 1.82) is 0 Å². The maximum Gasteiger partial charge on any atom is 0.238 e. The van der Waals surface area contributed by atoms with Gasteiger partial charge in [-0.05, 0) is 45.0 Å². The summed E-state index contributed by atoms with van der Waals surface area (Å²) in [4.78, 5) is 12.7. The minimum atomic E-state index is -0.378. The smallest absolute Gasteiger partial charge is 0.238 e. The molecule has 1 unspecified atom stereocenters. The van der Waals surface area contributed by atoms with Crippen LogP contribution in [-0.4, -0.2) is 42.8 Å². The van der Waals surface area contributed by atoms with Crippen LogP contribution in [0, 0.1) is 0 Å². The fourth-order valence-corrected chi connectivity index (χ4v) is 3.75. The van der Waals surface area contributed by atoms with Crippen LogP contribution in [0.4, 0.5) is 5.82 Å². The lowest BCUT2D eigenvalue weighted by Gasteiger charge is -2.15. The number of hydrogen-bond acceptors (Lipinski definition) is 6. The van der Waals surface area contributed by atoms with E-state index in [9.17, 15) is 4.79 Å². The molecule has 3 rings (SSSR count). The molecule has 2 heterocycles. The second kappa shape index (κ2) is 9.62. The van der Waals surface area contributed by atoms with Gasteiger partial charge in [-0.25, -0.2) is 4.68 Å². The lowest BCUT2D eigenvalue weighted by Crippen LogP contribution is -2.25. The second-order valence-electron chi connectivity index (χ2n) is 6.94. The molecule has 1 amide bonds. The van der Waals surface area contributed by atoms with Crippen molar-refractivity contribution in [3.63, 3.8) is 0 Å². The molecule has 1 atom stereocenters. The number of amides is 1. The van der Waals surface area contributed by atoms with E-state index in [2.05, 4.69) is 27.2 Å². The maximum atomic E-state index is 12.7. The molecule has 0 aliphatic heterocycles. The Balaban J connectivity index is 1.78. The first-order chi connectivity index (χ1) is 14.4. The molecule has 9 heteroatoms. The van der Waals surface area contributed by atoms with Gasteiger partial charge in [-0.1, -0.05) is 17.8 Å². The number of anilines is 1. The lowest BCUT2D eigenvalue weighted by molar-refractivity contribution is -0.115. The molecule has 2 aromatic heterocycles. The van der Waals surface area contributed by atoms with Gasteiger partial charge < -0.3 is 10.1 Å². The van der Waals surface area contributed by atoms with Gasteiger partial charge in [0, 0.05) is 24.2 Å². The Kier molecular flexibility index (Phi) is 6.94. The molecule has 0 saturated carbocycles. The van der Waals surface area contributed by atoms with Crippen molar-refractivity contribution in [3.8, 4) is 17.1 Å². The van der Waals surface area contributed by atoms with Crippen LogP contribution >= 0.6 is 11.8 Å². The Morgan fingerprint density at radius 1 is 1.23 bits per heavy atom. The number of rotatable bonds is 9. The van der Waals surface area contributed by atoms with Gasteiger partial charge in [0.1, 0.15) is 11.6 Å². The molecule has 0 spiro atoms. The summed E-state index contributed by atoms with van der Waals surface area (Å²) in [5.41, 5.74) is 0.912. The SMILES string of the molecule is C=CCn1c(SC(C)C(=O)Nc2ccnn2C(C)C)nnc1-c1ccc(OC)cc1. The number of nitrogens with one attached hydrogen (secondary N) is 1. The zero-order valence-corrected chi connectivity index (χ0v) is 18.4. The van der Waals surface area contributed by atoms with Gasteiger partial charge in [-0.2, -0.15) is 5.10 Å². The average molecular weight is 427 g/mol. The number of aromatic nitrogens is 5. The van der Waals surface area contributed by atoms with E-state index in [1.54, 1.807) is 30.1 Å². The van der Waals surface area contributed by atoms with Crippen molar-refractivity contribution in [3.05, 3.63) is 49.2 Å². The molecule has 1 aromatic carbocycles. The van der Waals surface area contributed by atoms with E-state index in [4.69, 9.17) is 4.74 Å². The van der Waals surface area contributed by atoms with E-state index in [0.29, 0.717) is 23.3 Å². The van der Waals surface area contributed by atoms with Crippen molar-refractivity contribution >= 4 is 23.5 Å². The van der Waals surface area contributed by atoms with Crippen LogP contribution < -0.4 is 10.1 Å². The van der Waals surface area contributed by atoms with E-state index in [1.165, 1.54) is 11.8 Å². The van der Waals surface area contributed by atoms with Gasteiger partial charge in [0.15, 0.2) is 11.0 Å². The van der Waals surface area contributed by atoms with Crippen LogP contribution in [0.5, 0.6) is 5.75 Å². The van der Waals surface area contributed by atoms with Gasteiger partial charge >= 0.3 is 0 Å². The topological polar surface area (TPSA) is 86.9 Å². The number of hydrogen-bond donors (Lipinski definition) is 1. The first kappa shape index (κ1) is 21.6.